The van der Waals surface area contributed by atoms with Crippen molar-refractivity contribution in [1.29, 1.82) is 0 Å². The van der Waals surface area contributed by atoms with Crippen molar-refractivity contribution in [3.05, 3.63) is 78.4 Å². The van der Waals surface area contributed by atoms with Gasteiger partial charge in [0.2, 0.25) is 5.91 Å². The number of carbonyl (C=O) groups excluding carboxylic acids is 1. The van der Waals surface area contributed by atoms with Crippen LogP contribution in [-0.4, -0.2) is 54.9 Å². The minimum atomic E-state index is -0.437. The summed E-state index contributed by atoms with van der Waals surface area (Å²) >= 11 is 0. The summed E-state index contributed by atoms with van der Waals surface area (Å²) in [6.45, 7) is 8.00. The van der Waals surface area contributed by atoms with Crippen LogP contribution in [0, 0.1) is 5.41 Å². The highest BCUT2D eigenvalue weighted by atomic mass is 16.2. The van der Waals surface area contributed by atoms with Gasteiger partial charge in [0.05, 0.1) is 23.1 Å². The molecule has 0 N–H and O–H groups in total. The Morgan fingerprint density at radius 1 is 1.12 bits per heavy atom. The van der Waals surface area contributed by atoms with Crippen molar-refractivity contribution in [3.8, 4) is 0 Å². The lowest BCUT2D eigenvalue weighted by Gasteiger charge is -2.28. The number of imidazole rings is 1. The molecule has 0 saturated carbocycles. The second-order valence-electron chi connectivity index (χ2n) is 9.38. The molecule has 2 saturated heterocycles. The van der Waals surface area contributed by atoms with Gasteiger partial charge in [-0.3, -0.25) is 19.7 Å². The van der Waals surface area contributed by atoms with Crippen LogP contribution in [0.15, 0.2) is 61.4 Å². The standard InChI is InChI=1S/C25H30N6O/c1-19(2)31-16-23(28-18-31)22-15-29(14-21-7-3-4-10-27-21)17-25(22)8-11-30(24(25)32)13-20-6-5-9-26-12-20/h3-7,9-10,12,16,18-19,22H,8,11,13-15,17H2,1-2H3. The van der Waals surface area contributed by atoms with E-state index in [9.17, 15) is 4.79 Å². The number of amides is 1. The highest BCUT2D eigenvalue weighted by molar-refractivity contribution is 5.86. The SMILES string of the molecule is CC(C)n1cnc(C2CN(Cc3ccccn3)CC23CCN(Cc2cccnc2)C3=O)c1. The van der Waals surface area contributed by atoms with E-state index in [1.165, 1.54) is 0 Å². The maximum absolute atomic E-state index is 13.9. The number of carbonyl (C=O) groups is 1. The molecule has 0 bridgehead atoms. The molecule has 3 aromatic heterocycles. The lowest BCUT2D eigenvalue weighted by atomic mass is 9.75. The predicted octanol–water partition coefficient (Wildman–Crippen LogP) is 3.27. The predicted molar refractivity (Wildman–Crippen MR) is 122 cm³/mol. The fourth-order valence-electron chi connectivity index (χ4n) is 5.23. The van der Waals surface area contributed by atoms with Crippen molar-refractivity contribution < 1.29 is 4.79 Å². The number of nitrogens with zero attached hydrogens (tertiary/aromatic N) is 6. The molecular formula is C25H30N6O. The first-order valence-corrected chi connectivity index (χ1v) is 11.4. The van der Waals surface area contributed by atoms with Gasteiger partial charge in [-0.1, -0.05) is 12.1 Å². The maximum Gasteiger partial charge on any atom is 0.231 e. The zero-order valence-corrected chi connectivity index (χ0v) is 18.8. The Morgan fingerprint density at radius 3 is 2.75 bits per heavy atom. The molecule has 2 aliphatic heterocycles. The fourth-order valence-corrected chi connectivity index (χ4v) is 5.23. The Morgan fingerprint density at radius 2 is 2.03 bits per heavy atom. The van der Waals surface area contributed by atoms with Crippen LogP contribution in [0.25, 0.3) is 0 Å². The third-order valence-electron chi connectivity index (χ3n) is 6.94. The molecule has 2 fully saturated rings. The van der Waals surface area contributed by atoms with E-state index in [4.69, 9.17) is 4.98 Å². The van der Waals surface area contributed by atoms with Gasteiger partial charge in [-0.25, -0.2) is 4.98 Å². The molecule has 0 aromatic carbocycles. The first-order chi connectivity index (χ1) is 15.5. The molecule has 7 heteroatoms. The molecule has 166 valence electrons. The summed E-state index contributed by atoms with van der Waals surface area (Å²) < 4.78 is 2.14. The van der Waals surface area contributed by atoms with Gasteiger partial charge in [-0.2, -0.15) is 0 Å². The van der Waals surface area contributed by atoms with Crippen molar-refractivity contribution in [2.45, 2.75) is 45.3 Å². The molecule has 2 aliphatic rings. The summed E-state index contributed by atoms with van der Waals surface area (Å²) in [5.41, 5.74) is 2.70. The monoisotopic (exact) mass is 430 g/mol. The van der Waals surface area contributed by atoms with E-state index < -0.39 is 5.41 Å². The molecule has 7 nitrogen and oxygen atoms in total. The van der Waals surface area contributed by atoms with Crippen LogP contribution in [0.4, 0.5) is 0 Å². The van der Waals surface area contributed by atoms with E-state index >= 15 is 0 Å². The van der Waals surface area contributed by atoms with Crippen molar-refractivity contribution >= 4 is 5.91 Å². The number of hydrogen-bond acceptors (Lipinski definition) is 5. The van der Waals surface area contributed by atoms with Gasteiger partial charge in [0.15, 0.2) is 0 Å². The van der Waals surface area contributed by atoms with Crippen molar-refractivity contribution in [2.24, 2.45) is 5.41 Å². The average Bonchev–Trinajstić information content (AvgIpc) is 3.50. The second kappa shape index (κ2) is 8.47. The van der Waals surface area contributed by atoms with Crippen LogP contribution in [0.3, 0.4) is 0 Å². The largest absolute Gasteiger partial charge is 0.338 e. The topological polar surface area (TPSA) is 67.2 Å². The number of aromatic nitrogens is 4. The Labute approximate surface area is 189 Å². The van der Waals surface area contributed by atoms with Crippen LogP contribution < -0.4 is 0 Å². The first kappa shape index (κ1) is 20.8. The van der Waals surface area contributed by atoms with Gasteiger partial charge in [-0.15, -0.1) is 0 Å². The second-order valence-corrected chi connectivity index (χ2v) is 9.38. The molecule has 1 spiro atoms. The summed E-state index contributed by atoms with van der Waals surface area (Å²) in [7, 11) is 0. The molecule has 32 heavy (non-hydrogen) atoms. The van der Waals surface area contributed by atoms with Crippen molar-refractivity contribution in [2.75, 3.05) is 19.6 Å². The van der Waals surface area contributed by atoms with Crippen LogP contribution in [-0.2, 0) is 17.9 Å². The molecule has 2 atom stereocenters. The minimum Gasteiger partial charge on any atom is -0.338 e. The van der Waals surface area contributed by atoms with E-state index in [0.717, 1.165) is 49.6 Å². The van der Waals surface area contributed by atoms with Crippen molar-refractivity contribution in [1.82, 2.24) is 29.3 Å². The number of likely N-dealkylation sites (tertiary alicyclic amines) is 2. The van der Waals surface area contributed by atoms with Crippen LogP contribution in [0.1, 0.15) is 49.2 Å². The van der Waals surface area contributed by atoms with Gasteiger partial charge in [0.25, 0.3) is 0 Å². The Bertz CT molecular complexity index is 1070. The highest BCUT2D eigenvalue weighted by Gasteiger charge is 2.57. The van der Waals surface area contributed by atoms with Gasteiger partial charge in [-0.05, 0) is 44.0 Å². The summed E-state index contributed by atoms with van der Waals surface area (Å²) in [5.74, 6) is 0.326. The lowest BCUT2D eigenvalue weighted by Crippen LogP contribution is -2.39. The third kappa shape index (κ3) is 3.81. The Hall–Kier alpha value is -3.06. The van der Waals surface area contributed by atoms with E-state index in [-0.39, 0.29) is 11.8 Å². The smallest absolute Gasteiger partial charge is 0.231 e. The Balaban J connectivity index is 1.43. The summed E-state index contributed by atoms with van der Waals surface area (Å²) in [4.78, 5) is 31.8. The summed E-state index contributed by atoms with van der Waals surface area (Å²) in [5, 5.41) is 0. The average molecular weight is 431 g/mol. The van der Waals surface area contributed by atoms with E-state index in [1.807, 2.05) is 47.9 Å². The Kier molecular flexibility index (Phi) is 5.51. The molecule has 0 aliphatic carbocycles. The summed E-state index contributed by atoms with van der Waals surface area (Å²) in [6, 6.07) is 10.3. The van der Waals surface area contributed by atoms with Crippen molar-refractivity contribution in [3.63, 3.8) is 0 Å². The van der Waals surface area contributed by atoms with Gasteiger partial charge in [0.1, 0.15) is 0 Å². The zero-order valence-electron chi connectivity index (χ0n) is 18.8. The molecule has 0 radical (unpaired) electrons. The number of rotatable bonds is 6. The highest BCUT2D eigenvalue weighted by Crippen LogP contribution is 2.50. The minimum absolute atomic E-state index is 0.0811. The van der Waals surface area contributed by atoms with E-state index in [0.29, 0.717) is 12.6 Å². The lowest BCUT2D eigenvalue weighted by molar-refractivity contribution is -0.136. The normalized spacial score (nSPS) is 23.7. The molecule has 5 heterocycles. The first-order valence-electron chi connectivity index (χ1n) is 11.4. The molecule has 5 rings (SSSR count). The molecular weight excluding hydrogens is 400 g/mol. The third-order valence-corrected chi connectivity index (χ3v) is 6.94. The van der Waals surface area contributed by atoms with Gasteiger partial charge in [0, 0.05) is 69.5 Å². The quantitative estimate of drug-likeness (QED) is 0.600. The van der Waals surface area contributed by atoms with Gasteiger partial charge >= 0.3 is 0 Å². The maximum atomic E-state index is 13.9. The fraction of sp³-hybridized carbons (Fsp3) is 0.440. The zero-order chi connectivity index (χ0) is 22.1. The van der Waals surface area contributed by atoms with Gasteiger partial charge < -0.3 is 9.47 Å². The van der Waals surface area contributed by atoms with Crippen LogP contribution >= 0.6 is 0 Å². The summed E-state index contributed by atoms with van der Waals surface area (Å²) in [6.07, 6.45) is 10.3. The van der Waals surface area contributed by atoms with Crippen LogP contribution in [0.2, 0.25) is 0 Å². The van der Waals surface area contributed by atoms with Crippen LogP contribution in [0.5, 0.6) is 0 Å². The van der Waals surface area contributed by atoms with E-state index in [1.54, 1.807) is 6.20 Å². The number of pyridine rings is 2. The molecule has 3 aromatic rings. The molecule has 2 unspecified atom stereocenters. The number of hydrogen-bond donors (Lipinski definition) is 0. The van der Waals surface area contributed by atoms with E-state index in [2.05, 4.69) is 45.5 Å². The molecule has 1 amide bonds.